The summed E-state index contributed by atoms with van der Waals surface area (Å²) in [6, 6.07) is 2.32. The largest absolute Gasteiger partial charge is 0.381 e. The minimum absolute atomic E-state index is 0.139. The van der Waals surface area contributed by atoms with Gasteiger partial charge in [0.05, 0.1) is 5.38 Å². The second-order valence-corrected chi connectivity index (χ2v) is 7.21. The minimum Gasteiger partial charge on any atom is -0.381 e. The van der Waals surface area contributed by atoms with Crippen molar-refractivity contribution < 1.29 is 4.74 Å². The summed E-state index contributed by atoms with van der Waals surface area (Å²) in [5, 5.41) is -0.139. The van der Waals surface area contributed by atoms with Crippen LogP contribution in [0.15, 0.2) is 16.7 Å². The second-order valence-electron chi connectivity index (χ2n) is 5.64. The van der Waals surface area contributed by atoms with Gasteiger partial charge in [-0.1, -0.05) is 0 Å². The van der Waals surface area contributed by atoms with E-state index in [9.17, 15) is 0 Å². The molecule has 2 aromatic rings. The summed E-state index contributed by atoms with van der Waals surface area (Å²) in [6.45, 7) is 5.88. The molecule has 1 saturated heterocycles. The van der Waals surface area contributed by atoms with Gasteiger partial charge in [0, 0.05) is 29.9 Å². The number of hydrogen-bond donors (Lipinski definition) is 0. The summed E-state index contributed by atoms with van der Waals surface area (Å²) in [5.74, 6) is 1.48. The van der Waals surface area contributed by atoms with E-state index in [-0.39, 0.29) is 5.38 Å². The van der Waals surface area contributed by atoms with Crippen LogP contribution in [0.4, 0.5) is 0 Å². The molecular formula is C15H19BrClN3O. The van der Waals surface area contributed by atoms with E-state index >= 15 is 0 Å². The topological polar surface area (TPSA) is 39.9 Å². The molecular weight excluding hydrogens is 354 g/mol. The fourth-order valence-corrected chi connectivity index (χ4v) is 3.54. The smallest absolute Gasteiger partial charge is 0.160 e. The van der Waals surface area contributed by atoms with Crippen LogP contribution in [0.5, 0.6) is 0 Å². The molecule has 114 valence electrons. The average molecular weight is 373 g/mol. The lowest BCUT2D eigenvalue weighted by molar-refractivity contribution is 0.0514. The molecule has 3 rings (SSSR count). The Morgan fingerprint density at radius 3 is 2.76 bits per heavy atom. The molecule has 1 fully saturated rings. The zero-order valence-corrected chi connectivity index (χ0v) is 14.6. The number of nitrogens with zero attached hydrogens (tertiary/aromatic N) is 3. The van der Waals surface area contributed by atoms with Gasteiger partial charge in [0.25, 0.3) is 0 Å². The molecule has 0 aliphatic carbocycles. The van der Waals surface area contributed by atoms with Crippen LogP contribution in [-0.2, 0) is 4.74 Å². The Morgan fingerprint density at radius 1 is 1.38 bits per heavy atom. The quantitative estimate of drug-likeness (QED) is 0.746. The molecule has 2 unspecified atom stereocenters. The van der Waals surface area contributed by atoms with Crippen LogP contribution in [0.25, 0.3) is 11.2 Å². The number of pyridine rings is 1. The van der Waals surface area contributed by atoms with Gasteiger partial charge in [-0.05, 0) is 54.6 Å². The van der Waals surface area contributed by atoms with Crippen molar-refractivity contribution in [2.45, 2.75) is 38.1 Å². The molecule has 2 atom stereocenters. The third-order valence-electron chi connectivity index (χ3n) is 4.24. The number of ether oxygens (including phenoxy) is 1. The third-order valence-corrected chi connectivity index (χ3v) is 4.86. The van der Waals surface area contributed by atoms with E-state index in [1.807, 2.05) is 19.2 Å². The summed E-state index contributed by atoms with van der Waals surface area (Å²) < 4.78 is 8.63. The Balaban J connectivity index is 2.07. The number of alkyl halides is 1. The highest BCUT2D eigenvalue weighted by Gasteiger charge is 2.27. The highest BCUT2D eigenvalue weighted by molar-refractivity contribution is 9.10. The Morgan fingerprint density at radius 2 is 2.10 bits per heavy atom. The molecule has 6 heteroatoms. The standard InChI is InChI=1S/C15H19BrClN3O/c1-9(17)14-19-13-7-12(16)8-18-15(13)20(14)10(2)11-3-5-21-6-4-11/h7-11H,3-6H2,1-2H3. The fourth-order valence-electron chi connectivity index (χ4n) is 3.07. The van der Waals surface area contributed by atoms with Gasteiger partial charge in [-0.3, -0.25) is 0 Å². The Labute approximate surface area is 138 Å². The van der Waals surface area contributed by atoms with Crippen molar-refractivity contribution in [3.63, 3.8) is 0 Å². The van der Waals surface area contributed by atoms with Gasteiger partial charge in [-0.2, -0.15) is 0 Å². The van der Waals surface area contributed by atoms with E-state index in [2.05, 4.69) is 32.4 Å². The van der Waals surface area contributed by atoms with Crippen molar-refractivity contribution in [2.75, 3.05) is 13.2 Å². The van der Waals surface area contributed by atoms with E-state index in [0.29, 0.717) is 12.0 Å². The summed E-state index contributed by atoms with van der Waals surface area (Å²) in [7, 11) is 0. The van der Waals surface area contributed by atoms with Crippen molar-refractivity contribution in [3.8, 4) is 0 Å². The van der Waals surface area contributed by atoms with E-state index in [4.69, 9.17) is 21.3 Å². The van der Waals surface area contributed by atoms with Gasteiger partial charge < -0.3 is 9.30 Å². The maximum Gasteiger partial charge on any atom is 0.160 e. The predicted octanol–water partition coefficient (Wildman–Crippen LogP) is 4.48. The van der Waals surface area contributed by atoms with E-state index in [1.54, 1.807) is 0 Å². The second kappa shape index (κ2) is 6.23. The lowest BCUT2D eigenvalue weighted by atomic mass is 9.92. The maximum atomic E-state index is 6.36. The lowest BCUT2D eigenvalue weighted by Gasteiger charge is -2.30. The average Bonchev–Trinajstić information content (AvgIpc) is 2.86. The van der Waals surface area contributed by atoms with Crippen molar-refractivity contribution >= 4 is 38.7 Å². The van der Waals surface area contributed by atoms with E-state index in [1.165, 1.54) is 0 Å². The molecule has 0 bridgehead atoms. The Hall–Kier alpha value is -0.650. The van der Waals surface area contributed by atoms with Crippen LogP contribution in [-0.4, -0.2) is 27.7 Å². The first-order valence-electron chi connectivity index (χ1n) is 7.33. The van der Waals surface area contributed by atoms with Crippen LogP contribution in [0.2, 0.25) is 0 Å². The third kappa shape index (κ3) is 2.96. The van der Waals surface area contributed by atoms with Crippen molar-refractivity contribution in [3.05, 3.63) is 22.6 Å². The molecule has 0 radical (unpaired) electrons. The fraction of sp³-hybridized carbons (Fsp3) is 0.600. The number of aromatic nitrogens is 3. The highest BCUT2D eigenvalue weighted by Crippen LogP contribution is 2.34. The van der Waals surface area contributed by atoms with Crippen LogP contribution >= 0.6 is 27.5 Å². The van der Waals surface area contributed by atoms with Crippen molar-refractivity contribution in [1.82, 2.24) is 14.5 Å². The monoisotopic (exact) mass is 371 g/mol. The molecule has 4 nitrogen and oxygen atoms in total. The van der Waals surface area contributed by atoms with E-state index < -0.39 is 0 Å². The molecule has 0 N–H and O–H groups in total. The normalized spacial score (nSPS) is 19.8. The van der Waals surface area contributed by atoms with Gasteiger partial charge in [-0.25, -0.2) is 9.97 Å². The molecule has 1 aliphatic heterocycles. The van der Waals surface area contributed by atoms with Crippen LogP contribution in [0, 0.1) is 5.92 Å². The summed E-state index contributed by atoms with van der Waals surface area (Å²) in [5.41, 5.74) is 1.81. The first-order chi connectivity index (χ1) is 10.1. The predicted molar refractivity (Wildman–Crippen MR) is 87.8 cm³/mol. The number of imidazole rings is 1. The zero-order chi connectivity index (χ0) is 15.0. The molecule has 0 saturated carbocycles. The molecule has 1 aliphatic rings. The molecule has 0 spiro atoms. The zero-order valence-electron chi connectivity index (χ0n) is 12.2. The van der Waals surface area contributed by atoms with Gasteiger partial charge in [0.2, 0.25) is 0 Å². The summed E-state index contributed by atoms with van der Waals surface area (Å²) in [4.78, 5) is 9.26. The number of rotatable bonds is 3. The van der Waals surface area contributed by atoms with Gasteiger partial charge >= 0.3 is 0 Å². The van der Waals surface area contributed by atoms with Crippen LogP contribution < -0.4 is 0 Å². The van der Waals surface area contributed by atoms with Crippen molar-refractivity contribution in [2.24, 2.45) is 5.92 Å². The lowest BCUT2D eigenvalue weighted by Crippen LogP contribution is -2.25. The van der Waals surface area contributed by atoms with Crippen LogP contribution in [0.3, 0.4) is 0 Å². The van der Waals surface area contributed by atoms with Crippen molar-refractivity contribution in [1.29, 1.82) is 0 Å². The number of halogens is 2. The van der Waals surface area contributed by atoms with Gasteiger partial charge in [-0.15, -0.1) is 11.6 Å². The first kappa shape index (κ1) is 15.3. The number of fused-ring (bicyclic) bond motifs is 1. The number of hydrogen-bond acceptors (Lipinski definition) is 3. The van der Waals surface area contributed by atoms with Gasteiger partial charge in [0.1, 0.15) is 11.3 Å². The SMILES string of the molecule is CC(Cl)c1nc2cc(Br)cnc2n1C(C)C1CCOCC1. The highest BCUT2D eigenvalue weighted by atomic mass is 79.9. The first-order valence-corrected chi connectivity index (χ1v) is 8.56. The van der Waals surface area contributed by atoms with Crippen LogP contribution in [0.1, 0.15) is 43.9 Å². The summed E-state index contributed by atoms with van der Waals surface area (Å²) >= 11 is 9.81. The molecule has 0 aromatic carbocycles. The molecule has 0 amide bonds. The molecule has 3 heterocycles. The minimum atomic E-state index is -0.139. The summed E-state index contributed by atoms with van der Waals surface area (Å²) in [6.07, 6.45) is 3.97. The Bertz CT molecular complexity index is 637. The Kier molecular flexibility index (Phi) is 4.52. The maximum absolute atomic E-state index is 6.36. The van der Waals surface area contributed by atoms with Gasteiger partial charge in [0.15, 0.2) is 5.65 Å². The van der Waals surface area contributed by atoms with E-state index in [0.717, 1.165) is 47.5 Å². The molecule has 2 aromatic heterocycles. The molecule has 21 heavy (non-hydrogen) atoms.